The van der Waals surface area contributed by atoms with E-state index in [1.54, 1.807) is 36.8 Å². The summed E-state index contributed by atoms with van der Waals surface area (Å²) in [6.07, 6.45) is 15.3. The van der Waals surface area contributed by atoms with Crippen LogP contribution in [-0.2, 0) is 19.3 Å². The standard InChI is InChI=1S/3C18H18ClFN4O2/c3*19-10-5-11-12(7-22-17(11)21-6-10)18-23-8-13(20)14(24-18)4-9-2-1-3-15(25)16(9)26/h3*5-9,15-16,25-26H,1-4H2,(H,21,22)/t9-,15+,16+;9-,15-,16+;9-,15-,16-/m000/s1. The van der Waals surface area contributed by atoms with Crippen LogP contribution in [0, 0.1) is 35.2 Å². The van der Waals surface area contributed by atoms with E-state index >= 15 is 0 Å². The molecule has 0 unspecified atom stereocenters. The SMILES string of the molecule is O[C@@H]1[C@H](Cc2nc(-c3c[nH]c4ncc(Cl)cc34)ncc2F)CCC[C@@H]1O.O[C@@H]1[C@H](Cc2nc(-c3c[nH]c4ncc(Cl)cc34)ncc2F)CCC[C@H]1O.O[C@H]1[C@H](Cc2nc(-c3c[nH]c4ncc(Cl)cc34)ncc2F)CCC[C@@H]1O. The van der Waals surface area contributed by atoms with E-state index in [1.807, 2.05) is 0 Å². The van der Waals surface area contributed by atoms with Crippen molar-refractivity contribution in [3.63, 3.8) is 0 Å². The maximum absolute atomic E-state index is 14.3. The molecule has 12 rings (SSSR count). The first-order valence-corrected chi connectivity index (χ1v) is 26.7. The van der Waals surface area contributed by atoms with E-state index in [4.69, 9.17) is 34.8 Å². The van der Waals surface area contributed by atoms with Gasteiger partial charge < -0.3 is 45.6 Å². The lowest BCUT2D eigenvalue weighted by Crippen LogP contribution is -2.38. The van der Waals surface area contributed by atoms with E-state index in [0.29, 0.717) is 85.4 Å². The Kier molecular flexibility index (Phi) is 16.9. The van der Waals surface area contributed by atoms with Gasteiger partial charge in [0.1, 0.15) is 16.9 Å². The molecule has 0 bridgehead atoms. The molecule has 0 aliphatic heterocycles. The molecule has 3 saturated carbocycles. The van der Waals surface area contributed by atoms with Gasteiger partial charge in [-0.15, -0.1) is 0 Å². The zero-order valence-electron chi connectivity index (χ0n) is 41.6. The average Bonchev–Trinajstić information content (AvgIpc) is 4.25. The van der Waals surface area contributed by atoms with Crippen molar-refractivity contribution in [3.8, 4) is 34.2 Å². The number of H-pyrrole nitrogens is 3. The van der Waals surface area contributed by atoms with Crippen LogP contribution in [0.3, 0.4) is 0 Å². The van der Waals surface area contributed by atoms with E-state index in [0.717, 1.165) is 73.3 Å². The Balaban J connectivity index is 0.000000132. The number of aliphatic hydroxyl groups excluding tert-OH is 6. The second kappa shape index (κ2) is 24.0. The molecule has 24 heteroatoms. The molecule has 3 aliphatic carbocycles. The second-order valence-electron chi connectivity index (χ2n) is 20.1. The molecule has 0 spiro atoms. The highest BCUT2D eigenvalue weighted by Crippen LogP contribution is 2.35. The molecule has 3 aliphatic rings. The van der Waals surface area contributed by atoms with Crippen molar-refractivity contribution in [3.05, 3.63) is 124 Å². The Morgan fingerprint density at radius 1 is 0.410 bits per heavy atom. The quantitative estimate of drug-likeness (QED) is 0.0654. The zero-order valence-corrected chi connectivity index (χ0v) is 43.9. The molecule has 9 N–H and O–H groups in total. The number of hydrogen-bond donors (Lipinski definition) is 9. The molecule has 0 saturated heterocycles. The smallest absolute Gasteiger partial charge is 0.163 e. The summed E-state index contributed by atoms with van der Waals surface area (Å²) < 4.78 is 42.8. The Hall–Kier alpha value is -6.27. The molecule has 408 valence electrons. The van der Waals surface area contributed by atoms with Crippen molar-refractivity contribution >= 4 is 67.9 Å². The van der Waals surface area contributed by atoms with E-state index in [-0.39, 0.29) is 54.1 Å². The number of pyridine rings is 3. The number of aromatic amines is 3. The number of hydrogen-bond acceptors (Lipinski definition) is 15. The van der Waals surface area contributed by atoms with Gasteiger partial charge in [0.15, 0.2) is 34.9 Å². The van der Waals surface area contributed by atoms with Gasteiger partial charge in [0, 0.05) is 70.0 Å². The van der Waals surface area contributed by atoms with Gasteiger partial charge in [-0.3, -0.25) is 0 Å². The van der Waals surface area contributed by atoms with Crippen LogP contribution in [0.5, 0.6) is 0 Å². The van der Waals surface area contributed by atoms with Crippen LogP contribution in [-0.4, -0.2) is 127 Å². The van der Waals surface area contributed by atoms with Crippen molar-refractivity contribution in [2.24, 2.45) is 17.8 Å². The fourth-order valence-corrected chi connectivity index (χ4v) is 11.1. The summed E-state index contributed by atoms with van der Waals surface area (Å²) in [4.78, 5) is 47.1. The van der Waals surface area contributed by atoms with Gasteiger partial charge in [0.25, 0.3) is 0 Å². The Morgan fingerprint density at radius 3 is 0.974 bits per heavy atom. The van der Waals surface area contributed by atoms with Crippen molar-refractivity contribution in [2.45, 2.75) is 114 Å². The average molecular weight is 1130 g/mol. The van der Waals surface area contributed by atoms with Crippen LogP contribution in [0.2, 0.25) is 15.1 Å². The Bertz CT molecular complexity index is 3210. The lowest BCUT2D eigenvalue weighted by atomic mass is 9.82. The van der Waals surface area contributed by atoms with Gasteiger partial charge in [-0.25, -0.2) is 58.0 Å². The van der Waals surface area contributed by atoms with Gasteiger partial charge in [-0.05, 0) is 93.7 Å². The first-order valence-electron chi connectivity index (χ1n) is 25.6. The molecular formula is C54H54Cl3F3N12O6. The minimum absolute atomic E-state index is 0.227. The number of fused-ring (bicyclic) bond motifs is 3. The van der Waals surface area contributed by atoms with E-state index < -0.39 is 54.1 Å². The molecule has 78 heavy (non-hydrogen) atoms. The number of nitrogens with zero attached hydrogens (tertiary/aromatic N) is 9. The molecule has 9 aromatic rings. The third kappa shape index (κ3) is 12.1. The normalized spacial score (nSPS) is 23.5. The predicted octanol–water partition coefficient (Wildman–Crippen LogP) is 8.63. The summed E-state index contributed by atoms with van der Waals surface area (Å²) in [5.41, 5.74) is 4.67. The van der Waals surface area contributed by atoms with E-state index in [9.17, 15) is 43.8 Å². The minimum atomic E-state index is -0.863. The van der Waals surface area contributed by atoms with Crippen LogP contribution in [0.4, 0.5) is 13.2 Å². The molecule has 3 fully saturated rings. The fourth-order valence-electron chi connectivity index (χ4n) is 10.7. The Labute approximate surface area is 458 Å². The topological polar surface area (TPSA) is 285 Å². The monoisotopic (exact) mass is 1130 g/mol. The van der Waals surface area contributed by atoms with Crippen molar-refractivity contribution in [1.82, 2.24) is 59.8 Å². The molecule has 9 aromatic heterocycles. The van der Waals surface area contributed by atoms with Gasteiger partial charge in [-0.2, -0.15) is 0 Å². The number of nitrogens with one attached hydrogen (secondary N) is 3. The minimum Gasteiger partial charge on any atom is -0.390 e. The third-order valence-corrected chi connectivity index (χ3v) is 15.5. The summed E-state index contributed by atoms with van der Waals surface area (Å²) in [6.45, 7) is 0. The molecule has 0 radical (unpaired) electrons. The summed E-state index contributed by atoms with van der Waals surface area (Å²) in [7, 11) is 0. The predicted molar refractivity (Wildman–Crippen MR) is 285 cm³/mol. The zero-order chi connectivity index (χ0) is 54.8. The first-order chi connectivity index (χ1) is 37.6. The lowest BCUT2D eigenvalue weighted by Gasteiger charge is -2.31. The van der Waals surface area contributed by atoms with Crippen molar-refractivity contribution in [2.75, 3.05) is 0 Å². The van der Waals surface area contributed by atoms with Gasteiger partial charge in [0.05, 0.1) is 87.4 Å². The highest BCUT2D eigenvalue weighted by atomic mass is 35.5. The molecular weight excluding hydrogens is 1080 g/mol. The maximum atomic E-state index is 14.3. The largest absolute Gasteiger partial charge is 0.390 e. The number of halogens is 6. The third-order valence-electron chi connectivity index (χ3n) is 14.9. The molecule has 9 atom stereocenters. The van der Waals surface area contributed by atoms with Crippen LogP contribution in [0.15, 0.2) is 74.0 Å². The van der Waals surface area contributed by atoms with Gasteiger partial charge in [0.2, 0.25) is 0 Å². The van der Waals surface area contributed by atoms with Crippen molar-refractivity contribution in [1.29, 1.82) is 0 Å². The fraction of sp³-hybridized carbons (Fsp3) is 0.389. The summed E-state index contributed by atoms with van der Waals surface area (Å²) in [6, 6.07) is 5.26. The van der Waals surface area contributed by atoms with Crippen LogP contribution in [0.1, 0.15) is 74.9 Å². The van der Waals surface area contributed by atoms with Gasteiger partial charge in [-0.1, -0.05) is 54.1 Å². The van der Waals surface area contributed by atoms with Crippen LogP contribution >= 0.6 is 34.8 Å². The van der Waals surface area contributed by atoms with E-state index in [2.05, 4.69) is 59.8 Å². The molecule has 0 amide bonds. The molecule has 0 aromatic carbocycles. The van der Waals surface area contributed by atoms with Crippen LogP contribution in [0.25, 0.3) is 67.3 Å². The Morgan fingerprint density at radius 2 is 0.692 bits per heavy atom. The first kappa shape index (κ1) is 55.1. The van der Waals surface area contributed by atoms with Gasteiger partial charge >= 0.3 is 0 Å². The number of rotatable bonds is 9. The molecule has 18 nitrogen and oxygen atoms in total. The molecule has 9 heterocycles. The summed E-state index contributed by atoms with van der Waals surface area (Å²) in [5, 5.41) is 63.8. The highest BCUT2D eigenvalue weighted by molar-refractivity contribution is 6.32. The lowest BCUT2D eigenvalue weighted by molar-refractivity contribution is -0.0447. The summed E-state index contributed by atoms with van der Waals surface area (Å²) in [5.74, 6) is -1.14. The van der Waals surface area contributed by atoms with Crippen LogP contribution < -0.4 is 0 Å². The number of aromatic nitrogens is 12. The number of aliphatic hydroxyl groups is 6. The van der Waals surface area contributed by atoms with E-state index in [1.165, 1.54) is 18.6 Å². The van der Waals surface area contributed by atoms with Crippen molar-refractivity contribution < 1.29 is 43.8 Å². The second-order valence-corrected chi connectivity index (χ2v) is 21.4. The highest BCUT2D eigenvalue weighted by Gasteiger charge is 2.34. The maximum Gasteiger partial charge on any atom is 0.163 e. The summed E-state index contributed by atoms with van der Waals surface area (Å²) >= 11 is 18.1.